The van der Waals surface area contributed by atoms with Crippen molar-refractivity contribution < 1.29 is 13.2 Å². The molecule has 0 amide bonds. The smallest absolute Gasteiger partial charge is 0.309 e. The van der Waals surface area contributed by atoms with E-state index < -0.39 is 11.7 Å². The molecule has 2 heterocycles. The first-order valence-electron chi connectivity index (χ1n) is 12.3. The van der Waals surface area contributed by atoms with Crippen molar-refractivity contribution in [3.63, 3.8) is 0 Å². The van der Waals surface area contributed by atoms with Gasteiger partial charge in [-0.1, -0.05) is 43.2 Å². The van der Waals surface area contributed by atoms with Crippen molar-refractivity contribution in [1.82, 2.24) is 19.7 Å². The Morgan fingerprint density at radius 3 is 2.58 bits per heavy atom. The second-order valence-electron chi connectivity index (χ2n) is 10.2. The maximum atomic E-state index is 12.8. The average Bonchev–Trinajstić information content (AvgIpc) is 3.15. The van der Waals surface area contributed by atoms with Gasteiger partial charge in [0.15, 0.2) is 5.16 Å². The molecule has 2 atom stereocenters. The molecule has 0 radical (unpaired) electrons. The molecule has 4 nitrogen and oxygen atoms in total. The standard InChI is InChI=1S/C25H33F3N4S/c1-31-22(19-6-3-2-4-7-19)29-30-23(31)33-15-5-13-32-14-12-24(17-32)16-21(24)18-8-10-20(11-9-18)25(26,27)28/h8-11,19,21H,2-7,12-17H2,1H3. The molecule has 2 aromatic rings. The van der Waals surface area contributed by atoms with Gasteiger partial charge in [-0.3, -0.25) is 0 Å². The van der Waals surface area contributed by atoms with Gasteiger partial charge >= 0.3 is 6.18 Å². The maximum absolute atomic E-state index is 12.8. The van der Waals surface area contributed by atoms with Crippen molar-refractivity contribution in [2.75, 3.05) is 25.4 Å². The van der Waals surface area contributed by atoms with Crippen LogP contribution in [0, 0.1) is 5.41 Å². The third-order valence-corrected chi connectivity index (χ3v) is 9.09. The van der Waals surface area contributed by atoms with Gasteiger partial charge in [0.2, 0.25) is 0 Å². The fraction of sp³-hybridized carbons (Fsp3) is 0.680. The lowest BCUT2D eigenvalue weighted by atomic mass is 9.89. The Hall–Kier alpha value is -1.54. The summed E-state index contributed by atoms with van der Waals surface area (Å²) in [6.07, 6.45) is 5.53. The largest absolute Gasteiger partial charge is 0.416 e. The fourth-order valence-electron chi connectivity index (χ4n) is 5.97. The summed E-state index contributed by atoms with van der Waals surface area (Å²) >= 11 is 1.80. The highest BCUT2D eigenvalue weighted by Crippen LogP contribution is 2.64. The third-order valence-electron chi connectivity index (χ3n) is 7.98. The van der Waals surface area contributed by atoms with Crippen LogP contribution in [0.25, 0.3) is 0 Å². The molecular weight excluding hydrogens is 445 g/mol. The highest BCUT2D eigenvalue weighted by molar-refractivity contribution is 7.99. The quantitative estimate of drug-likeness (QED) is 0.348. The van der Waals surface area contributed by atoms with E-state index in [1.54, 1.807) is 23.9 Å². The molecule has 1 aliphatic heterocycles. The average molecular weight is 479 g/mol. The van der Waals surface area contributed by atoms with E-state index in [0.717, 1.165) is 61.2 Å². The van der Waals surface area contributed by atoms with Crippen LogP contribution in [0.4, 0.5) is 13.2 Å². The zero-order chi connectivity index (χ0) is 23.1. The first kappa shape index (κ1) is 23.2. The number of hydrogen-bond acceptors (Lipinski definition) is 4. The minimum Gasteiger partial charge on any atom is -0.309 e. The Balaban J connectivity index is 1.06. The van der Waals surface area contributed by atoms with E-state index in [4.69, 9.17) is 0 Å². The molecule has 2 aliphatic carbocycles. The number of benzene rings is 1. The van der Waals surface area contributed by atoms with Crippen molar-refractivity contribution in [3.8, 4) is 0 Å². The van der Waals surface area contributed by atoms with Gasteiger partial charge in [0.05, 0.1) is 5.56 Å². The van der Waals surface area contributed by atoms with Gasteiger partial charge in [0, 0.05) is 25.3 Å². The molecule has 1 aromatic carbocycles. The lowest BCUT2D eigenvalue weighted by molar-refractivity contribution is -0.137. The predicted molar refractivity (Wildman–Crippen MR) is 124 cm³/mol. The number of nitrogens with zero attached hydrogens (tertiary/aromatic N) is 4. The fourth-order valence-corrected chi connectivity index (χ4v) is 6.81. The van der Waals surface area contributed by atoms with Crippen LogP contribution < -0.4 is 0 Å². The second kappa shape index (κ2) is 9.25. The maximum Gasteiger partial charge on any atom is 0.416 e. The molecule has 2 saturated carbocycles. The Kier molecular flexibility index (Phi) is 6.51. The van der Waals surface area contributed by atoms with Gasteiger partial charge in [0.25, 0.3) is 0 Å². The Labute approximate surface area is 198 Å². The van der Waals surface area contributed by atoms with Crippen LogP contribution in [-0.4, -0.2) is 45.1 Å². The molecule has 1 saturated heterocycles. The van der Waals surface area contributed by atoms with Crippen molar-refractivity contribution in [2.24, 2.45) is 12.5 Å². The molecule has 3 aliphatic rings. The van der Waals surface area contributed by atoms with Crippen LogP contribution in [-0.2, 0) is 13.2 Å². The Morgan fingerprint density at radius 2 is 1.85 bits per heavy atom. The Morgan fingerprint density at radius 1 is 1.09 bits per heavy atom. The van der Waals surface area contributed by atoms with Gasteiger partial charge in [-0.15, -0.1) is 10.2 Å². The first-order valence-corrected chi connectivity index (χ1v) is 13.3. The van der Waals surface area contributed by atoms with Crippen molar-refractivity contribution in [2.45, 2.75) is 74.5 Å². The summed E-state index contributed by atoms with van der Waals surface area (Å²) in [5.74, 6) is 3.17. The van der Waals surface area contributed by atoms with E-state index in [2.05, 4.69) is 26.7 Å². The van der Waals surface area contributed by atoms with Crippen LogP contribution in [0.15, 0.2) is 29.4 Å². The van der Waals surface area contributed by atoms with E-state index in [1.807, 2.05) is 0 Å². The molecule has 1 aromatic heterocycles. The summed E-state index contributed by atoms with van der Waals surface area (Å²) < 4.78 is 40.7. The molecule has 0 bridgehead atoms. The highest BCUT2D eigenvalue weighted by atomic mass is 32.2. The van der Waals surface area contributed by atoms with Crippen molar-refractivity contribution in [1.29, 1.82) is 0 Å². The number of halogens is 3. The number of likely N-dealkylation sites (tertiary alicyclic amines) is 1. The lowest BCUT2D eigenvalue weighted by Crippen LogP contribution is -2.23. The van der Waals surface area contributed by atoms with Crippen molar-refractivity contribution in [3.05, 3.63) is 41.2 Å². The molecule has 1 spiro atoms. The third kappa shape index (κ3) is 4.97. The number of thioether (sulfide) groups is 1. The van der Waals surface area contributed by atoms with Crippen LogP contribution >= 0.6 is 11.8 Å². The summed E-state index contributed by atoms with van der Waals surface area (Å²) in [7, 11) is 2.10. The number of aromatic nitrogens is 3. The van der Waals surface area contributed by atoms with E-state index >= 15 is 0 Å². The summed E-state index contributed by atoms with van der Waals surface area (Å²) in [6.45, 7) is 3.23. The van der Waals surface area contributed by atoms with Gasteiger partial charge in [-0.2, -0.15) is 13.2 Å². The monoisotopic (exact) mass is 478 g/mol. The van der Waals surface area contributed by atoms with Crippen molar-refractivity contribution >= 4 is 11.8 Å². The number of alkyl halides is 3. The van der Waals surface area contributed by atoms with E-state index in [1.165, 1.54) is 44.2 Å². The molecule has 0 N–H and O–H groups in total. The summed E-state index contributed by atoms with van der Waals surface area (Å²) in [5.41, 5.74) is 0.794. The van der Waals surface area contributed by atoms with Crippen LogP contribution in [0.5, 0.6) is 0 Å². The number of hydrogen-bond donors (Lipinski definition) is 0. The normalized spacial score (nSPS) is 26.4. The molecule has 8 heteroatoms. The summed E-state index contributed by atoms with van der Waals surface area (Å²) in [5, 5.41) is 9.97. The topological polar surface area (TPSA) is 34.0 Å². The van der Waals surface area contributed by atoms with Crippen LogP contribution in [0.1, 0.15) is 80.2 Å². The zero-order valence-corrected chi connectivity index (χ0v) is 20.1. The second-order valence-corrected chi connectivity index (χ2v) is 11.3. The highest BCUT2D eigenvalue weighted by Gasteiger charge is 2.57. The minimum absolute atomic E-state index is 0.283. The molecule has 5 rings (SSSR count). The summed E-state index contributed by atoms with van der Waals surface area (Å²) in [4.78, 5) is 2.54. The zero-order valence-electron chi connectivity index (χ0n) is 19.3. The van der Waals surface area contributed by atoms with E-state index in [9.17, 15) is 13.2 Å². The van der Waals surface area contributed by atoms with E-state index in [-0.39, 0.29) is 5.41 Å². The molecule has 180 valence electrons. The predicted octanol–water partition coefficient (Wildman–Crippen LogP) is 6.24. The molecule has 33 heavy (non-hydrogen) atoms. The molecular formula is C25H33F3N4S. The minimum atomic E-state index is -4.26. The van der Waals surface area contributed by atoms with Gasteiger partial charge in [-0.05, 0) is 74.2 Å². The van der Waals surface area contributed by atoms with Gasteiger partial charge in [0.1, 0.15) is 5.82 Å². The summed E-state index contributed by atoms with van der Waals surface area (Å²) in [6, 6.07) is 5.84. The molecule has 2 unspecified atom stereocenters. The lowest BCUT2D eigenvalue weighted by Gasteiger charge is -2.20. The van der Waals surface area contributed by atoms with Crippen LogP contribution in [0.2, 0.25) is 0 Å². The first-order chi connectivity index (χ1) is 15.9. The van der Waals surface area contributed by atoms with Gasteiger partial charge < -0.3 is 9.47 Å². The molecule has 3 fully saturated rings. The SMILES string of the molecule is Cn1c(SCCCN2CCC3(CC3c3ccc(C(F)(F)F)cc3)C2)nnc1C1CCCCC1. The van der Waals surface area contributed by atoms with E-state index in [0.29, 0.717) is 11.8 Å². The van der Waals surface area contributed by atoms with Gasteiger partial charge in [-0.25, -0.2) is 0 Å². The van der Waals surface area contributed by atoms with Crippen LogP contribution in [0.3, 0.4) is 0 Å². The number of rotatable bonds is 7. The Bertz CT molecular complexity index is 952.